The number of pyridine rings is 1. The zero-order valence-electron chi connectivity index (χ0n) is 14.4. The van der Waals surface area contributed by atoms with Crippen molar-refractivity contribution < 1.29 is 9.53 Å². The molecule has 26 heavy (non-hydrogen) atoms. The Hall–Kier alpha value is -2.86. The van der Waals surface area contributed by atoms with Crippen LogP contribution in [0.25, 0.3) is 11.0 Å². The molecule has 0 bridgehead atoms. The Kier molecular flexibility index (Phi) is 4.84. The Morgan fingerprint density at radius 1 is 1.15 bits per heavy atom. The van der Waals surface area contributed by atoms with Gasteiger partial charge in [-0.1, -0.05) is 12.1 Å². The van der Waals surface area contributed by atoms with Gasteiger partial charge in [-0.05, 0) is 36.6 Å². The molecular formula is C20H20N4O2. The smallest absolute Gasteiger partial charge is 0.256 e. The predicted octanol–water partition coefficient (Wildman–Crippen LogP) is 2.85. The Balaban J connectivity index is 1.46. The maximum Gasteiger partial charge on any atom is 0.256 e. The molecule has 6 nitrogen and oxygen atoms in total. The second kappa shape index (κ2) is 7.58. The number of para-hydroxylation sites is 1. The highest BCUT2D eigenvalue weighted by Gasteiger charge is 2.26. The summed E-state index contributed by atoms with van der Waals surface area (Å²) in [5.74, 6) is -0.00854. The first-order valence-electron chi connectivity index (χ1n) is 8.81. The molecule has 0 saturated carbocycles. The topological polar surface area (TPSA) is 68.2 Å². The molecule has 1 amide bonds. The Morgan fingerprint density at radius 2 is 2.08 bits per heavy atom. The quantitative estimate of drug-likeness (QED) is 0.725. The van der Waals surface area contributed by atoms with Gasteiger partial charge in [-0.3, -0.25) is 19.7 Å². The lowest BCUT2D eigenvalue weighted by molar-refractivity contribution is -0.00676. The summed E-state index contributed by atoms with van der Waals surface area (Å²) in [4.78, 5) is 27.6. The molecule has 1 fully saturated rings. The summed E-state index contributed by atoms with van der Waals surface area (Å²) in [6, 6.07) is 9.43. The number of carbonyl (C=O) groups excluding carboxylic acids is 1. The normalized spacial score (nSPS) is 17.4. The molecule has 1 atom stereocenters. The van der Waals surface area contributed by atoms with Crippen molar-refractivity contribution in [3.8, 4) is 0 Å². The van der Waals surface area contributed by atoms with Crippen LogP contribution >= 0.6 is 0 Å². The third-order valence-corrected chi connectivity index (χ3v) is 4.60. The number of ether oxygens (including phenoxy) is 1. The SMILES string of the molecule is O=C(c1cccc2nccnc12)N1CCC[C@H](OCc2cccnc2)C1. The predicted molar refractivity (Wildman–Crippen MR) is 97.5 cm³/mol. The van der Waals surface area contributed by atoms with Crippen molar-refractivity contribution in [2.75, 3.05) is 13.1 Å². The Morgan fingerprint density at radius 3 is 2.96 bits per heavy atom. The molecule has 1 aromatic carbocycles. The molecule has 0 N–H and O–H groups in total. The molecule has 1 aliphatic rings. The fraction of sp³-hybridized carbons (Fsp3) is 0.300. The van der Waals surface area contributed by atoms with Gasteiger partial charge in [-0.25, -0.2) is 0 Å². The zero-order chi connectivity index (χ0) is 17.8. The molecule has 132 valence electrons. The van der Waals surface area contributed by atoms with E-state index in [1.54, 1.807) is 24.8 Å². The molecule has 1 aliphatic heterocycles. The Bertz CT molecular complexity index is 895. The summed E-state index contributed by atoms with van der Waals surface area (Å²) in [7, 11) is 0. The second-order valence-corrected chi connectivity index (χ2v) is 6.42. The van der Waals surface area contributed by atoms with E-state index in [9.17, 15) is 4.79 Å². The van der Waals surface area contributed by atoms with Crippen molar-refractivity contribution in [2.24, 2.45) is 0 Å². The number of benzene rings is 1. The van der Waals surface area contributed by atoms with Gasteiger partial charge in [0, 0.05) is 37.9 Å². The van der Waals surface area contributed by atoms with Crippen LogP contribution in [0, 0.1) is 0 Å². The first kappa shape index (κ1) is 16.6. The van der Waals surface area contributed by atoms with Crippen LogP contribution in [0.4, 0.5) is 0 Å². The molecule has 1 saturated heterocycles. The second-order valence-electron chi connectivity index (χ2n) is 6.42. The van der Waals surface area contributed by atoms with Crippen LogP contribution in [0.1, 0.15) is 28.8 Å². The molecule has 3 aromatic rings. The minimum absolute atomic E-state index is 0.00854. The van der Waals surface area contributed by atoms with E-state index >= 15 is 0 Å². The van der Waals surface area contributed by atoms with Gasteiger partial charge in [-0.2, -0.15) is 0 Å². The van der Waals surface area contributed by atoms with Crippen molar-refractivity contribution >= 4 is 16.9 Å². The number of carbonyl (C=O) groups is 1. The maximum atomic E-state index is 13.0. The molecule has 0 radical (unpaired) electrons. The number of aromatic nitrogens is 3. The van der Waals surface area contributed by atoms with Crippen LogP contribution in [-0.2, 0) is 11.3 Å². The fourth-order valence-electron chi connectivity index (χ4n) is 3.29. The summed E-state index contributed by atoms with van der Waals surface area (Å²) in [5.41, 5.74) is 3.03. The maximum absolute atomic E-state index is 13.0. The lowest BCUT2D eigenvalue weighted by Gasteiger charge is -2.32. The number of rotatable bonds is 4. The van der Waals surface area contributed by atoms with Gasteiger partial charge >= 0.3 is 0 Å². The van der Waals surface area contributed by atoms with Gasteiger partial charge in [0.25, 0.3) is 5.91 Å². The van der Waals surface area contributed by atoms with E-state index in [0.29, 0.717) is 24.2 Å². The van der Waals surface area contributed by atoms with Gasteiger partial charge in [0.05, 0.1) is 23.8 Å². The van der Waals surface area contributed by atoms with Crippen molar-refractivity contribution in [1.29, 1.82) is 0 Å². The lowest BCUT2D eigenvalue weighted by Crippen LogP contribution is -2.43. The van der Waals surface area contributed by atoms with Gasteiger partial charge in [0.15, 0.2) is 0 Å². The molecule has 0 spiro atoms. The number of amides is 1. The van der Waals surface area contributed by atoms with Gasteiger partial charge < -0.3 is 9.64 Å². The number of likely N-dealkylation sites (tertiary alicyclic amines) is 1. The molecular weight excluding hydrogens is 328 g/mol. The van der Waals surface area contributed by atoms with Crippen LogP contribution in [0.5, 0.6) is 0 Å². The molecule has 6 heteroatoms. The van der Waals surface area contributed by atoms with Crippen LogP contribution in [-0.4, -0.2) is 45.0 Å². The highest BCUT2D eigenvalue weighted by molar-refractivity contribution is 6.04. The minimum atomic E-state index is -0.00854. The first-order valence-corrected chi connectivity index (χ1v) is 8.81. The average molecular weight is 348 g/mol. The minimum Gasteiger partial charge on any atom is -0.372 e. The lowest BCUT2D eigenvalue weighted by atomic mass is 10.1. The summed E-state index contributed by atoms with van der Waals surface area (Å²) in [6.07, 6.45) is 8.74. The van der Waals surface area contributed by atoms with Gasteiger partial charge in [0.2, 0.25) is 0 Å². The first-order chi connectivity index (χ1) is 12.8. The zero-order valence-corrected chi connectivity index (χ0v) is 14.4. The van der Waals surface area contributed by atoms with Crippen molar-refractivity contribution in [3.63, 3.8) is 0 Å². The molecule has 3 heterocycles. The third kappa shape index (κ3) is 3.55. The largest absolute Gasteiger partial charge is 0.372 e. The van der Waals surface area contributed by atoms with E-state index in [1.165, 1.54) is 0 Å². The molecule has 0 aliphatic carbocycles. The van der Waals surface area contributed by atoms with E-state index in [-0.39, 0.29) is 12.0 Å². The van der Waals surface area contributed by atoms with Crippen LogP contribution in [0.3, 0.4) is 0 Å². The number of fused-ring (bicyclic) bond motifs is 1. The molecule has 0 unspecified atom stereocenters. The average Bonchev–Trinajstić information content (AvgIpc) is 2.72. The standard InChI is InChI=1S/C20H20N4O2/c25-20(17-6-1-7-18-19(17)23-10-9-22-18)24-11-3-5-16(13-24)26-14-15-4-2-8-21-12-15/h1-2,4,6-10,12,16H,3,5,11,13-14H2/t16-/m0/s1. The van der Waals surface area contributed by atoms with Crippen molar-refractivity contribution in [1.82, 2.24) is 19.9 Å². The molecule has 4 rings (SSSR count). The van der Waals surface area contributed by atoms with Crippen molar-refractivity contribution in [2.45, 2.75) is 25.6 Å². The fourth-order valence-corrected chi connectivity index (χ4v) is 3.29. The van der Waals surface area contributed by atoms with E-state index in [0.717, 1.165) is 30.5 Å². The third-order valence-electron chi connectivity index (χ3n) is 4.60. The summed E-state index contributed by atoms with van der Waals surface area (Å²) in [6.45, 7) is 1.85. The number of hydrogen-bond donors (Lipinski definition) is 0. The van der Waals surface area contributed by atoms with Gasteiger partial charge in [-0.15, -0.1) is 0 Å². The number of hydrogen-bond acceptors (Lipinski definition) is 5. The van der Waals surface area contributed by atoms with Crippen LogP contribution in [0.2, 0.25) is 0 Å². The monoisotopic (exact) mass is 348 g/mol. The number of nitrogens with zero attached hydrogens (tertiary/aromatic N) is 4. The van der Waals surface area contributed by atoms with E-state index in [4.69, 9.17) is 4.74 Å². The summed E-state index contributed by atoms with van der Waals surface area (Å²) in [5, 5.41) is 0. The molecule has 2 aromatic heterocycles. The van der Waals surface area contributed by atoms with Gasteiger partial charge in [0.1, 0.15) is 5.52 Å². The van der Waals surface area contributed by atoms with Crippen LogP contribution in [0.15, 0.2) is 55.1 Å². The Labute approximate surface area is 151 Å². The van der Waals surface area contributed by atoms with E-state index < -0.39 is 0 Å². The summed E-state index contributed by atoms with van der Waals surface area (Å²) < 4.78 is 6.01. The van der Waals surface area contributed by atoms with E-state index in [1.807, 2.05) is 35.2 Å². The summed E-state index contributed by atoms with van der Waals surface area (Å²) >= 11 is 0. The highest BCUT2D eigenvalue weighted by atomic mass is 16.5. The van der Waals surface area contributed by atoms with E-state index in [2.05, 4.69) is 15.0 Å². The highest BCUT2D eigenvalue weighted by Crippen LogP contribution is 2.20. The number of piperidine rings is 1. The van der Waals surface area contributed by atoms with Crippen molar-refractivity contribution in [3.05, 3.63) is 66.2 Å². The van der Waals surface area contributed by atoms with Crippen LogP contribution < -0.4 is 0 Å².